The Morgan fingerprint density at radius 3 is 2.56 bits per heavy atom. The molecule has 0 spiro atoms. The van der Waals surface area contributed by atoms with Crippen LogP contribution in [0.2, 0.25) is 0 Å². The molecule has 8 heteroatoms. The van der Waals surface area contributed by atoms with E-state index in [1.165, 1.54) is 0 Å². The first kappa shape index (κ1) is 21.7. The first-order valence-corrected chi connectivity index (χ1v) is 10.8. The summed E-state index contributed by atoms with van der Waals surface area (Å²) >= 11 is 0. The second kappa shape index (κ2) is 8.90. The fourth-order valence-corrected chi connectivity index (χ4v) is 4.22. The highest BCUT2D eigenvalue weighted by Gasteiger charge is 2.52. The van der Waals surface area contributed by atoms with Gasteiger partial charge in [0.1, 0.15) is 25.3 Å². The Kier molecular flexibility index (Phi) is 6.03. The number of carbonyl (C=O) groups excluding carboxylic acids is 3. The number of hydrogen-bond donors (Lipinski definition) is 2. The summed E-state index contributed by atoms with van der Waals surface area (Å²) in [6.07, 6.45) is 1.15. The molecule has 2 heterocycles. The van der Waals surface area contributed by atoms with Crippen LogP contribution in [-0.4, -0.2) is 42.5 Å². The lowest BCUT2D eigenvalue weighted by atomic mass is 9.85. The molecule has 2 N–H and O–H groups in total. The van der Waals surface area contributed by atoms with Gasteiger partial charge in [-0.2, -0.15) is 0 Å². The van der Waals surface area contributed by atoms with Crippen molar-refractivity contribution < 1.29 is 23.9 Å². The Labute approximate surface area is 186 Å². The average Bonchev–Trinajstić information content (AvgIpc) is 3.04. The normalized spacial score (nSPS) is 20.6. The van der Waals surface area contributed by atoms with Crippen LogP contribution in [0.5, 0.6) is 11.5 Å². The van der Waals surface area contributed by atoms with Gasteiger partial charge in [0.05, 0.1) is 6.04 Å². The zero-order chi connectivity index (χ0) is 22.7. The molecule has 1 saturated heterocycles. The fourth-order valence-electron chi connectivity index (χ4n) is 4.22. The lowest BCUT2D eigenvalue weighted by Gasteiger charge is -2.27. The van der Waals surface area contributed by atoms with Crippen molar-refractivity contribution in [2.24, 2.45) is 0 Å². The van der Waals surface area contributed by atoms with Crippen LogP contribution >= 0.6 is 0 Å². The van der Waals surface area contributed by atoms with Crippen molar-refractivity contribution in [1.82, 2.24) is 15.5 Å². The number of carbonyl (C=O) groups is 3. The number of nitrogens with one attached hydrogen (secondary N) is 2. The summed E-state index contributed by atoms with van der Waals surface area (Å²) in [7, 11) is 0. The van der Waals surface area contributed by atoms with Crippen molar-refractivity contribution in [2.45, 2.75) is 38.3 Å². The summed E-state index contributed by atoms with van der Waals surface area (Å²) < 4.78 is 11.1. The monoisotopic (exact) mass is 437 g/mol. The van der Waals surface area contributed by atoms with E-state index in [1.807, 2.05) is 62.4 Å². The van der Waals surface area contributed by atoms with E-state index in [0.29, 0.717) is 43.1 Å². The molecule has 0 bridgehead atoms. The molecule has 0 unspecified atom stereocenters. The number of imide groups is 1. The van der Waals surface area contributed by atoms with Crippen molar-refractivity contribution in [1.29, 1.82) is 0 Å². The molecule has 1 fully saturated rings. The molecule has 0 aromatic heterocycles. The Morgan fingerprint density at radius 1 is 1.12 bits per heavy atom. The smallest absolute Gasteiger partial charge is 0.325 e. The summed E-state index contributed by atoms with van der Waals surface area (Å²) in [5.41, 5.74) is 0.409. The molecule has 4 amide bonds. The third-order valence-electron chi connectivity index (χ3n) is 5.81. The van der Waals surface area contributed by atoms with Crippen molar-refractivity contribution >= 4 is 17.8 Å². The minimum atomic E-state index is -1.14. The lowest BCUT2D eigenvalue weighted by Crippen LogP contribution is -2.45. The van der Waals surface area contributed by atoms with Crippen LogP contribution in [0.4, 0.5) is 4.79 Å². The molecule has 4 rings (SSSR count). The number of urea groups is 1. The average molecular weight is 437 g/mol. The summed E-state index contributed by atoms with van der Waals surface area (Å²) in [5, 5.41) is 5.70. The molecule has 0 radical (unpaired) electrons. The Balaban J connectivity index is 1.46. The zero-order valence-electron chi connectivity index (χ0n) is 18.2. The van der Waals surface area contributed by atoms with Crippen LogP contribution < -0.4 is 20.1 Å². The van der Waals surface area contributed by atoms with Gasteiger partial charge in [-0.1, -0.05) is 49.7 Å². The first-order chi connectivity index (χ1) is 15.4. The molecular formula is C24H27N3O5. The maximum Gasteiger partial charge on any atom is 0.325 e. The van der Waals surface area contributed by atoms with E-state index in [2.05, 4.69) is 10.6 Å². The Hall–Kier alpha value is -3.55. The summed E-state index contributed by atoms with van der Waals surface area (Å²) in [5.74, 6) is 0.483. The first-order valence-electron chi connectivity index (χ1n) is 10.8. The van der Waals surface area contributed by atoms with Crippen LogP contribution in [0.25, 0.3) is 0 Å². The van der Waals surface area contributed by atoms with E-state index in [0.717, 1.165) is 10.5 Å². The molecule has 2 atom stereocenters. The van der Waals surface area contributed by atoms with Gasteiger partial charge in [-0.15, -0.1) is 0 Å². The number of rotatable bonds is 7. The van der Waals surface area contributed by atoms with E-state index in [1.54, 1.807) is 0 Å². The molecular weight excluding hydrogens is 410 g/mol. The summed E-state index contributed by atoms with van der Waals surface area (Å²) in [4.78, 5) is 39.7. The molecule has 0 aliphatic carbocycles. The van der Waals surface area contributed by atoms with Gasteiger partial charge in [0, 0.05) is 0 Å². The quantitative estimate of drug-likeness (QED) is 0.650. The molecule has 2 aromatic carbocycles. The highest BCUT2D eigenvalue weighted by Crippen LogP contribution is 2.34. The summed E-state index contributed by atoms with van der Waals surface area (Å²) in [6, 6.07) is 13.7. The Bertz CT molecular complexity index is 1030. The SMILES string of the molecule is CCC[C@@]1(c2ccccc2)NC(=O)N(CC(=O)N[C@@H](C)c2ccc3c(c2)OCCO3)C1=O. The summed E-state index contributed by atoms with van der Waals surface area (Å²) in [6.45, 7) is 4.42. The van der Waals surface area contributed by atoms with Gasteiger partial charge >= 0.3 is 6.03 Å². The molecule has 168 valence electrons. The number of amides is 4. The van der Waals surface area contributed by atoms with Crippen molar-refractivity contribution in [3.05, 3.63) is 59.7 Å². The maximum absolute atomic E-state index is 13.3. The van der Waals surface area contributed by atoms with Gasteiger partial charge in [0.15, 0.2) is 11.5 Å². The van der Waals surface area contributed by atoms with E-state index in [9.17, 15) is 14.4 Å². The van der Waals surface area contributed by atoms with Crippen LogP contribution in [0, 0.1) is 0 Å². The standard InChI is InChI=1S/C24H27N3O5/c1-3-11-24(18-7-5-4-6-8-18)22(29)27(23(30)26-24)15-21(28)25-16(2)17-9-10-19-20(14-17)32-13-12-31-19/h4-10,14,16H,3,11-13,15H2,1-2H3,(H,25,28)(H,26,30)/t16-,24-/m0/s1. The topological polar surface area (TPSA) is 97.0 Å². The van der Waals surface area contributed by atoms with Crippen LogP contribution in [0.15, 0.2) is 48.5 Å². The molecule has 2 aromatic rings. The minimum absolute atomic E-state index is 0.339. The van der Waals surface area contributed by atoms with Gasteiger partial charge in [-0.3, -0.25) is 14.5 Å². The van der Waals surface area contributed by atoms with Crippen molar-refractivity contribution in [3.8, 4) is 11.5 Å². The van der Waals surface area contributed by atoms with Crippen LogP contribution in [0.3, 0.4) is 0 Å². The van der Waals surface area contributed by atoms with Crippen molar-refractivity contribution in [2.75, 3.05) is 19.8 Å². The van der Waals surface area contributed by atoms with Crippen LogP contribution in [0.1, 0.15) is 43.9 Å². The number of fused-ring (bicyclic) bond motifs is 1. The van der Waals surface area contributed by atoms with Gasteiger partial charge in [0.25, 0.3) is 5.91 Å². The minimum Gasteiger partial charge on any atom is -0.486 e. The van der Waals surface area contributed by atoms with Crippen molar-refractivity contribution in [3.63, 3.8) is 0 Å². The van der Waals surface area contributed by atoms with Crippen LogP contribution in [-0.2, 0) is 15.1 Å². The van der Waals surface area contributed by atoms with Gasteiger partial charge in [0.2, 0.25) is 5.91 Å². The van der Waals surface area contributed by atoms with E-state index < -0.39 is 23.4 Å². The number of nitrogens with zero attached hydrogens (tertiary/aromatic N) is 1. The number of ether oxygens (including phenoxy) is 2. The zero-order valence-corrected chi connectivity index (χ0v) is 18.2. The number of hydrogen-bond acceptors (Lipinski definition) is 5. The predicted molar refractivity (Wildman–Crippen MR) is 117 cm³/mol. The third kappa shape index (κ3) is 4.00. The predicted octanol–water partition coefficient (Wildman–Crippen LogP) is 2.88. The van der Waals surface area contributed by atoms with Gasteiger partial charge in [-0.25, -0.2) is 4.79 Å². The van der Waals surface area contributed by atoms with Gasteiger partial charge in [-0.05, 0) is 36.6 Å². The molecule has 2 aliphatic rings. The largest absolute Gasteiger partial charge is 0.486 e. The second-order valence-corrected chi connectivity index (χ2v) is 8.04. The van der Waals surface area contributed by atoms with Gasteiger partial charge < -0.3 is 20.1 Å². The highest BCUT2D eigenvalue weighted by atomic mass is 16.6. The Morgan fingerprint density at radius 2 is 1.84 bits per heavy atom. The third-order valence-corrected chi connectivity index (χ3v) is 5.81. The maximum atomic E-state index is 13.3. The molecule has 2 aliphatic heterocycles. The van der Waals surface area contributed by atoms with E-state index in [4.69, 9.17) is 9.47 Å². The lowest BCUT2D eigenvalue weighted by molar-refractivity contribution is -0.135. The number of benzene rings is 2. The van der Waals surface area contributed by atoms with E-state index in [-0.39, 0.29) is 12.6 Å². The second-order valence-electron chi connectivity index (χ2n) is 8.04. The highest BCUT2D eigenvalue weighted by molar-refractivity contribution is 6.09. The fraction of sp³-hybridized carbons (Fsp3) is 0.375. The molecule has 32 heavy (non-hydrogen) atoms. The van der Waals surface area contributed by atoms with E-state index >= 15 is 0 Å². The molecule has 0 saturated carbocycles. The molecule has 8 nitrogen and oxygen atoms in total.